The van der Waals surface area contributed by atoms with Crippen LogP contribution in [0.2, 0.25) is 0 Å². The molecule has 1 N–H and O–H groups in total. The van der Waals surface area contributed by atoms with Crippen molar-refractivity contribution >= 4 is 11.9 Å². The van der Waals surface area contributed by atoms with Crippen molar-refractivity contribution in [3.63, 3.8) is 0 Å². The molecule has 5 nitrogen and oxygen atoms in total. The summed E-state index contributed by atoms with van der Waals surface area (Å²) in [5.41, 5.74) is 0.712. The highest BCUT2D eigenvalue weighted by Gasteiger charge is 2.12. The molecule has 0 saturated heterocycles. The van der Waals surface area contributed by atoms with Gasteiger partial charge < -0.3 is 14.8 Å². The van der Waals surface area contributed by atoms with Crippen molar-refractivity contribution in [1.82, 2.24) is 5.32 Å². The van der Waals surface area contributed by atoms with E-state index >= 15 is 0 Å². The van der Waals surface area contributed by atoms with Crippen LogP contribution in [0.4, 0.5) is 4.39 Å². The first-order chi connectivity index (χ1) is 9.96. The summed E-state index contributed by atoms with van der Waals surface area (Å²) in [6.07, 6.45) is 0.758. The van der Waals surface area contributed by atoms with E-state index in [4.69, 9.17) is 4.74 Å². The minimum absolute atomic E-state index is 0.124. The predicted molar refractivity (Wildman–Crippen MR) is 75.5 cm³/mol. The van der Waals surface area contributed by atoms with Gasteiger partial charge in [0.25, 0.3) is 0 Å². The van der Waals surface area contributed by atoms with Crippen molar-refractivity contribution in [1.29, 1.82) is 0 Å². The summed E-state index contributed by atoms with van der Waals surface area (Å²) < 4.78 is 22.8. The number of carbonyl (C=O) groups is 2. The number of esters is 1. The Hall–Kier alpha value is -2.11. The van der Waals surface area contributed by atoms with Crippen molar-refractivity contribution in [3.05, 3.63) is 29.6 Å². The Morgan fingerprint density at radius 1 is 1.33 bits per heavy atom. The minimum Gasteiger partial charge on any atom is -0.494 e. The number of amides is 1. The average Bonchev–Trinajstić information content (AvgIpc) is 2.44. The van der Waals surface area contributed by atoms with Gasteiger partial charge >= 0.3 is 5.97 Å². The van der Waals surface area contributed by atoms with Crippen LogP contribution >= 0.6 is 0 Å². The van der Waals surface area contributed by atoms with Crippen LogP contribution in [0.25, 0.3) is 0 Å². The van der Waals surface area contributed by atoms with E-state index < -0.39 is 5.82 Å². The highest BCUT2D eigenvalue weighted by Crippen LogP contribution is 2.18. The van der Waals surface area contributed by atoms with Crippen molar-refractivity contribution in [2.24, 2.45) is 0 Å². The zero-order chi connectivity index (χ0) is 15.8. The highest BCUT2D eigenvalue weighted by atomic mass is 19.1. The molecule has 0 bridgehead atoms. The molecule has 0 aliphatic carbocycles. The average molecular weight is 297 g/mol. The molecule has 6 heteroatoms. The van der Waals surface area contributed by atoms with Crippen molar-refractivity contribution in [2.45, 2.75) is 32.2 Å². The fourth-order valence-corrected chi connectivity index (χ4v) is 1.85. The van der Waals surface area contributed by atoms with Crippen molar-refractivity contribution in [2.75, 3.05) is 14.2 Å². The summed E-state index contributed by atoms with van der Waals surface area (Å²) in [7, 11) is 2.70. The van der Waals surface area contributed by atoms with E-state index in [1.807, 2.05) is 0 Å². The Bertz CT molecular complexity index is 504. The minimum atomic E-state index is -0.450. The van der Waals surface area contributed by atoms with Gasteiger partial charge in [0.1, 0.15) is 0 Å². The summed E-state index contributed by atoms with van der Waals surface area (Å²) in [6, 6.07) is 4.30. The Labute approximate surface area is 123 Å². The molecular weight excluding hydrogens is 277 g/mol. The number of nitrogens with one attached hydrogen (secondary N) is 1. The molecule has 1 unspecified atom stereocenters. The smallest absolute Gasteiger partial charge is 0.307 e. The van der Waals surface area contributed by atoms with Gasteiger partial charge in [-0.05, 0) is 31.0 Å². The predicted octanol–water partition coefficient (Wildman–Crippen LogP) is 1.83. The summed E-state index contributed by atoms with van der Waals surface area (Å²) >= 11 is 0. The van der Waals surface area contributed by atoms with Gasteiger partial charge in [-0.15, -0.1) is 0 Å². The van der Waals surface area contributed by atoms with Gasteiger partial charge in [-0.25, -0.2) is 4.39 Å². The lowest BCUT2D eigenvalue weighted by molar-refractivity contribution is -0.141. The topological polar surface area (TPSA) is 64.6 Å². The zero-order valence-electron chi connectivity index (χ0n) is 12.4. The number of benzene rings is 1. The van der Waals surface area contributed by atoms with Gasteiger partial charge in [0.05, 0.1) is 20.6 Å². The second-order valence-electron chi connectivity index (χ2n) is 4.72. The fraction of sp³-hybridized carbons (Fsp3) is 0.467. The zero-order valence-corrected chi connectivity index (χ0v) is 12.4. The van der Waals surface area contributed by atoms with Crippen LogP contribution in [0.1, 0.15) is 25.3 Å². The summed E-state index contributed by atoms with van der Waals surface area (Å²) in [4.78, 5) is 22.8. The molecular formula is C15H20FNO4. The van der Waals surface area contributed by atoms with Crippen LogP contribution in [-0.2, 0) is 20.7 Å². The number of rotatable bonds is 7. The van der Waals surface area contributed by atoms with Crippen molar-refractivity contribution < 1.29 is 23.5 Å². The Balaban J connectivity index is 2.42. The lowest BCUT2D eigenvalue weighted by Gasteiger charge is -2.12. The third-order valence-electron chi connectivity index (χ3n) is 2.96. The van der Waals surface area contributed by atoms with Crippen LogP contribution in [0.3, 0.4) is 0 Å². The third kappa shape index (κ3) is 5.81. The van der Waals surface area contributed by atoms with Gasteiger partial charge in [-0.2, -0.15) is 0 Å². The number of ether oxygens (including phenoxy) is 2. The standard InChI is InChI=1S/C15H20FNO4/c1-10(8-15(19)21-3)17-14(18)7-5-11-4-6-13(20-2)12(16)9-11/h4,6,9-10H,5,7-8H2,1-3H3,(H,17,18). The first-order valence-electron chi connectivity index (χ1n) is 6.64. The Morgan fingerprint density at radius 2 is 2.05 bits per heavy atom. The maximum absolute atomic E-state index is 13.5. The molecule has 0 fully saturated rings. The Kier molecular flexibility index (Phi) is 6.65. The number of aryl methyl sites for hydroxylation is 1. The molecule has 0 spiro atoms. The molecule has 0 saturated carbocycles. The van der Waals surface area contributed by atoms with Crippen LogP contribution in [0, 0.1) is 5.82 Å². The summed E-state index contributed by atoms with van der Waals surface area (Å²) in [6.45, 7) is 1.72. The van der Waals surface area contributed by atoms with Crippen LogP contribution in [0.5, 0.6) is 5.75 Å². The molecule has 21 heavy (non-hydrogen) atoms. The van der Waals surface area contributed by atoms with Gasteiger partial charge in [-0.3, -0.25) is 9.59 Å². The molecule has 116 valence electrons. The van der Waals surface area contributed by atoms with Gasteiger partial charge in [0.15, 0.2) is 11.6 Å². The molecule has 1 rings (SSSR count). The van der Waals surface area contributed by atoms with E-state index in [0.717, 1.165) is 0 Å². The fourth-order valence-electron chi connectivity index (χ4n) is 1.85. The largest absolute Gasteiger partial charge is 0.494 e. The molecule has 1 aromatic rings. The molecule has 0 radical (unpaired) electrons. The van der Waals surface area contributed by atoms with E-state index in [9.17, 15) is 14.0 Å². The van der Waals surface area contributed by atoms with Gasteiger partial charge in [-0.1, -0.05) is 6.07 Å². The van der Waals surface area contributed by atoms with E-state index in [0.29, 0.717) is 12.0 Å². The van der Waals surface area contributed by atoms with Crippen LogP contribution < -0.4 is 10.1 Å². The van der Waals surface area contributed by atoms with Crippen LogP contribution in [0.15, 0.2) is 18.2 Å². The normalized spacial score (nSPS) is 11.6. The maximum Gasteiger partial charge on any atom is 0.307 e. The molecule has 0 aliphatic rings. The number of hydrogen-bond donors (Lipinski definition) is 1. The number of halogens is 1. The second kappa shape index (κ2) is 8.24. The monoisotopic (exact) mass is 297 g/mol. The van der Waals surface area contributed by atoms with Crippen molar-refractivity contribution in [3.8, 4) is 5.75 Å². The second-order valence-corrected chi connectivity index (χ2v) is 4.72. The molecule has 1 atom stereocenters. The summed E-state index contributed by atoms with van der Waals surface area (Å²) in [5, 5.41) is 2.69. The maximum atomic E-state index is 13.5. The SMILES string of the molecule is COC(=O)CC(C)NC(=O)CCc1ccc(OC)c(F)c1. The van der Waals surface area contributed by atoms with Gasteiger partial charge in [0, 0.05) is 12.5 Å². The first-order valence-corrected chi connectivity index (χ1v) is 6.64. The molecule has 0 aromatic heterocycles. The molecule has 1 amide bonds. The van der Waals surface area contributed by atoms with Gasteiger partial charge in [0.2, 0.25) is 5.91 Å². The van der Waals surface area contributed by atoms with E-state index in [1.165, 1.54) is 26.4 Å². The van der Waals surface area contributed by atoms with E-state index in [-0.39, 0.29) is 36.5 Å². The molecule has 0 heterocycles. The Morgan fingerprint density at radius 3 is 2.62 bits per heavy atom. The lowest BCUT2D eigenvalue weighted by atomic mass is 10.1. The van der Waals surface area contributed by atoms with E-state index in [2.05, 4.69) is 10.1 Å². The first kappa shape index (κ1) is 16.9. The van der Waals surface area contributed by atoms with E-state index in [1.54, 1.807) is 13.0 Å². The van der Waals surface area contributed by atoms with Crippen LogP contribution in [-0.4, -0.2) is 32.1 Å². The number of methoxy groups -OCH3 is 2. The third-order valence-corrected chi connectivity index (χ3v) is 2.96. The number of carbonyl (C=O) groups excluding carboxylic acids is 2. The lowest BCUT2D eigenvalue weighted by Crippen LogP contribution is -2.34. The highest BCUT2D eigenvalue weighted by molar-refractivity contribution is 5.77. The molecule has 1 aromatic carbocycles. The number of hydrogen-bond acceptors (Lipinski definition) is 4. The molecule has 0 aliphatic heterocycles. The quantitative estimate of drug-likeness (QED) is 0.780. The summed E-state index contributed by atoms with van der Waals surface area (Å²) in [5.74, 6) is -0.841.